The molecule has 3 aromatic rings. The van der Waals surface area contributed by atoms with Crippen LogP contribution >= 0.6 is 0 Å². The van der Waals surface area contributed by atoms with E-state index in [2.05, 4.69) is 15.3 Å². The SMILES string of the molecule is Cc1cc(=O)n(C2CCCC2)c2nc(Nc3ccc(N)cc3)ncc12. The van der Waals surface area contributed by atoms with Gasteiger partial charge in [0.1, 0.15) is 5.65 Å². The molecule has 6 heteroatoms. The largest absolute Gasteiger partial charge is 0.399 e. The molecule has 0 aliphatic heterocycles. The zero-order valence-electron chi connectivity index (χ0n) is 14.2. The number of hydrogen-bond acceptors (Lipinski definition) is 5. The Morgan fingerprint density at radius 1 is 1.20 bits per heavy atom. The molecule has 6 nitrogen and oxygen atoms in total. The van der Waals surface area contributed by atoms with E-state index in [4.69, 9.17) is 5.73 Å². The summed E-state index contributed by atoms with van der Waals surface area (Å²) in [5.74, 6) is 0.481. The second-order valence-electron chi connectivity index (χ2n) is 6.65. The third-order valence-corrected chi connectivity index (χ3v) is 4.86. The van der Waals surface area contributed by atoms with Gasteiger partial charge in [-0.05, 0) is 49.6 Å². The summed E-state index contributed by atoms with van der Waals surface area (Å²) in [5, 5.41) is 4.11. The highest BCUT2D eigenvalue weighted by Gasteiger charge is 2.21. The highest BCUT2D eigenvalue weighted by atomic mass is 16.1. The van der Waals surface area contributed by atoms with Crippen LogP contribution in [-0.4, -0.2) is 14.5 Å². The quantitative estimate of drug-likeness (QED) is 0.715. The van der Waals surface area contributed by atoms with Crippen molar-refractivity contribution < 1.29 is 0 Å². The van der Waals surface area contributed by atoms with E-state index in [9.17, 15) is 4.79 Å². The lowest BCUT2D eigenvalue weighted by Crippen LogP contribution is -2.24. The molecule has 0 amide bonds. The molecule has 1 fully saturated rings. The molecule has 1 aliphatic rings. The van der Waals surface area contributed by atoms with Gasteiger partial charge >= 0.3 is 0 Å². The summed E-state index contributed by atoms with van der Waals surface area (Å²) in [6.07, 6.45) is 6.18. The van der Waals surface area contributed by atoms with Crippen LogP contribution in [0.15, 0.2) is 41.3 Å². The predicted octanol–water partition coefficient (Wildman–Crippen LogP) is 3.54. The van der Waals surface area contributed by atoms with Crippen LogP contribution in [0, 0.1) is 6.92 Å². The second-order valence-corrected chi connectivity index (χ2v) is 6.65. The molecule has 128 valence electrons. The zero-order chi connectivity index (χ0) is 17.4. The molecule has 25 heavy (non-hydrogen) atoms. The number of nitrogens with zero attached hydrogens (tertiary/aromatic N) is 3. The van der Waals surface area contributed by atoms with Crippen molar-refractivity contribution in [1.29, 1.82) is 0 Å². The van der Waals surface area contributed by atoms with Gasteiger partial charge < -0.3 is 11.1 Å². The fourth-order valence-electron chi connectivity index (χ4n) is 3.54. The maximum atomic E-state index is 12.6. The number of anilines is 3. The van der Waals surface area contributed by atoms with Gasteiger partial charge in [-0.1, -0.05) is 12.8 Å². The van der Waals surface area contributed by atoms with Crippen molar-refractivity contribution in [1.82, 2.24) is 14.5 Å². The van der Waals surface area contributed by atoms with Crippen LogP contribution in [0.2, 0.25) is 0 Å². The number of rotatable bonds is 3. The van der Waals surface area contributed by atoms with Crippen molar-refractivity contribution in [3.05, 3.63) is 52.4 Å². The first-order valence-electron chi connectivity index (χ1n) is 8.63. The second kappa shape index (κ2) is 6.20. The van der Waals surface area contributed by atoms with Gasteiger partial charge in [-0.2, -0.15) is 4.98 Å². The Bertz CT molecular complexity index is 972. The molecule has 2 heterocycles. The number of nitrogen functional groups attached to an aromatic ring is 1. The van der Waals surface area contributed by atoms with Crippen LogP contribution in [0.3, 0.4) is 0 Å². The van der Waals surface area contributed by atoms with Gasteiger partial charge in [0.2, 0.25) is 5.95 Å². The van der Waals surface area contributed by atoms with E-state index in [1.165, 1.54) is 0 Å². The average Bonchev–Trinajstić information content (AvgIpc) is 3.11. The van der Waals surface area contributed by atoms with E-state index in [0.29, 0.717) is 17.3 Å². The number of fused-ring (bicyclic) bond motifs is 1. The molecule has 0 saturated heterocycles. The number of nitrogens with two attached hydrogens (primary N) is 1. The Hall–Kier alpha value is -2.89. The molecule has 0 radical (unpaired) electrons. The molecule has 1 aromatic carbocycles. The van der Waals surface area contributed by atoms with Crippen LogP contribution < -0.4 is 16.6 Å². The van der Waals surface area contributed by atoms with Gasteiger partial charge in [-0.3, -0.25) is 9.36 Å². The smallest absolute Gasteiger partial charge is 0.252 e. The van der Waals surface area contributed by atoms with E-state index in [1.807, 2.05) is 35.8 Å². The zero-order valence-corrected chi connectivity index (χ0v) is 14.2. The number of nitrogens with one attached hydrogen (secondary N) is 1. The lowest BCUT2D eigenvalue weighted by atomic mass is 10.1. The summed E-state index contributed by atoms with van der Waals surface area (Å²) >= 11 is 0. The van der Waals surface area contributed by atoms with Crippen LogP contribution in [0.25, 0.3) is 11.0 Å². The van der Waals surface area contributed by atoms with Gasteiger partial charge in [0.15, 0.2) is 0 Å². The summed E-state index contributed by atoms with van der Waals surface area (Å²) in [5.41, 5.74) is 8.93. The van der Waals surface area contributed by atoms with Crippen molar-refractivity contribution in [3.63, 3.8) is 0 Å². The number of benzene rings is 1. The third kappa shape index (κ3) is 2.95. The predicted molar refractivity (Wildman–Crippen MR) is 100 cm³/mol. The highest BCUT2D eigenvalue weighted by molar-refractivity contribution is 5.79. The first-order chi connectivity index (χ1) is 12.1. The highest BCUT2D eigenvalue weighted by Crippen LogP contribution is 2.31. The van der Waals surface area contributed by atoms with Crippen LogP contribution in [0.1, 0.15) is 37.3 Å². The summed E-state index contributed by atoms with van der Waals surface area (Å²) in [6, 6.07) is 9.32. The maximum Gasteiger partial charge on any atom is 0.252 e. The fourth-order valence-corrected chi connectivity index (χ4v) is 3.54. The van der Waals surface area contributed by atoms with Crippen molar-refractivity contribution in [2.45, 2.75) is 38.6 Å². The monoisotopic (exact) mass is 335 g/mol. The lowest BCUT2D eigenvalue weighted by Gasteiger charge is -2.17. The van der Waals surface area contributed by atoms with Crippen molar-refractivity contribution in [3.8, 4) is 0 Å². The third-order valence-electron chi connectivity index (χ3n) is 4.86. The standard InChI is InChI=1S/C19H21N5O/c1-12-10-17(25)24(15-4-2-3-5-15)18-16(12)11-21-19(23-18)22-14-8-6-13(20)7-9-14/h6-11,15H,2-5,20H2,1H3,(H,21,22,23). The topological polar surface area (TPSA) is 85.8 Å². The number of aromatic nitrogens is 3. The normalized spacial score (nSPS) is 14.9. The molecule has 0 unspecified atom stereocenters. The Balaban J connectivity index is 1.81. The van der Waals surface area contributed by atoms with Crippen molar-refractivity contribution in [2.75, 3.05) is 11.1 Å². The molecule has 0 spiro atoms. The van der Waals surface area contributed by atoms with Gasteiger partial charge in [0, 0.05) is 35.1 Å². The summed E-state index contributed by atoms with van der Waals surface area (Å²) in [7, 11) is 0. The first kappa shape index (κ1) is 15.6. The molecule has 0 bridgehead atoms. The molecule has 3 N–H and O–H groups in total. The maximum absolute atomic E-state index is 12.6. The Kier molecular flexibility index (Phi) is 3.87. The minimum atomic E-state index is 0.0223. The fraction of sp³-hybridized carbons (Fsp3) is 0.316. The molecule has 4 rings (SSSR count). The van der Waals surface area contributed by atoms with E-state index >= 15 is 0 Å². The van der Waals surface area contributed by atoms with Crippen molar-refractivity contribution >= 4 is 28.4 Å². The van der Waals surface area contributed by atoms with Crippen LogP contribution in [-0.2, 0) is 0 Å². The summed E-state index contributed by atoms with van der Waals surface area (Å²) in [6.45, 7) is 1.93. The van der Waals surface area contributed by atoms with Crippen LogP contribution in [0.4, 0.5) is 17.3 Å². The van der Waals surface area contributed by atoms with Gasteiger partial charge in [0.25, 0.3) is 5.56 Å². The van der Waals surface area contributed by atoms with Crippen LogP contribution in [0.5, 0.6) is 0 Å². The Morgan fingerprint density at radius 2 is 1.92 bits per heavy atom. The molecular weight excluding hydrogens is 314 g/mol. The summed E-state index contributed by atoms with van der Waals surface area (Å²) < 4.78 is 1.85. The molecule has 0 atom stereocenters. The Labute approximate surface area is 145 Å². The molecule has 1 saturated carbocycles. The minimum absolute atomic E-state index is 0.0223. The first-order valence-corrected chi connectivity index (χ1v) is 8.63. The number of hydrogen-bond donors (Lipinski definition) is 2. The average molecular weight is 335 g/mol. The lowest BCUT2D eigenvalue weighted by molar-refractivity contribution is 0.515. The van der Waals surface area contributed by atoms with Gasteiger partial charge in [-0.15, -0.1) is 0 Å². The molecule has 2 aromatic heterocycles. The number of aryl methyl sites for hydroxylation is 1. The molecular formula is C19H21N5O. The molecule has 1 aliphatic carbocycles. The summed E-state index contributed by atoms with van der Waals surface area (Å²) in [4.78, 5) is 21.7. The Morgan fingerprint density at radius 3 is 2.64 bits per heavy atom. The van der Waals surface area contributed by atoms with Crippen molar-refractivity contribution in [2.24, 2.45) is 0 Å². The van der Waals surface area contributed by atoms with E-state index in [-0.39, 0.29) is 11.6 Å². The number of pyridine rings is 1. The minimum Gasteiger partial charge on any atom is -0.399 e. The van der Waals surface area contributed by atoms with Gasteiger partial charge in [0.05, 0.1) is 0 Å². The van der Waals surface area contributed by atoms with Gasteiger partial charge in [-0.25, -0.2) is 4.98 Å². The van der Waals surface area contributed by atoms with E-state index in [1.54, 1.807) is 12.3 Å². The van der Waals surface area contributed by atoms with E-state index < -0.39 is 0 Å². The van der Waals surface area contributed by atoms with E-state index in [0.717, 1.165) is 42.3 Å².